The molecule has 10 nitrogen and oxygen atoms in total. The molecule has 1 fully saturated rings. The van der Waals surface area contributed by atoms with E-state index in [2.05, 4.69) is 0 Å². The molecule has 1 aromatic rings. The van der Waals surface area contributed by atoms with Gasteiger partial charge in [-0.2, -0.15) is 0 Å². The van der Waals surface area contributed by atoms with Crippen LogP contribution in [0.25, 0.3) is 6.08 Å². The van der Waals surface area contributed by atoms with E-state index in [1.165, 1.54) is 31.4 Å². The summed E-state index contributed by atoms with van der Waals surface area (Å²) < 4.78 is 15.6. The predicted molar refractivity (Wildman–Crippen MR) is 83.4 cm³/mol. The summed E-state index contributed by atoms with van der Waals surface area (Å²) in [5, 5.41) is 49.3. The van der Waals surface area contributed by atoms with E-state index in [0.717, 1.165) is 6.20 Å². The number of benzene rings is 1. The van der Waals surface area contributed by atoms with Gasteiger partial charge >= 0.3 is 0 Å². The molecule has 5 atom stereocenters. The summed E-state index contributed by atoms with van der Waals surface area (Å²) in [4.78, 5) is 9.75. The highest BCUT2D eigenvalue weighted by molar-refractivity contribution is 5.55. The summed E-state index contributed by atoms with van der Waals surface area (Å²) >= 11 is 0. The Morgan fingerprint density at radius 3 is 2.60 bits per heavy atom. The van der Waals surface area contributed by atoms with Crippen molar-refractivity contribution in [3.05, 3.63) is 40.1 Å². The Kier molecular flexibility index (Phi) is 6.28. The van der Waals surface area contributed by atoms with Crippen LogP contribution in [0, 0.1) is 10.1 Å². The van der Waals surface area contributed by atoms with Crippen molar-refractivity contribution >= 4 is 6.08 Å². The standard InChI is InChI=1S/C15H19NO9/c1-23-10-6-8(4-5-16(21)22)2-3-9(10)24-14-13(19)12(18)11(7-17)25-15(14)20/h2-6,11-15,17-20H,7H2,1H3/b5-4+/t11-,12-,13+,14-,15-/m1/s1. The average Bonchev–Trinajstić information content (AvgIpc) is 2.60. The first-order valence-corrected chi connectivity index (χ1v) is 7.34. The Morgan fingerprint density at radius 2 is 2.00 bits per heavy atom. The smallest absolute Gasteiger partial charge is 0.235 e. The minimum absolute atomic E-state index is 0.127. The van der Waals surface area contributed by atoms with E-state index < -0.39 is 42.2 Å². The molecule has 1 aliphatic rings. The molecule has 10 heteroatoms. The summed E-state index contributed by atoms with van der Waals surface area (Å²) in [7, 11) is 1.35. The predicted octanol–water partition coefficient (Wildman–Crippen LogP) is -0.879. The number of ether oxygens (including phenoxy) is 3. The Bertz CT molecular complexity index is 635. The van der Waals surface area contributed by atoms with E-state index in [4.69, 9.17) is 19.3 Å². The fourth-order valence-corrected chi connectivity index (χ4v) is 2.38. The molecule has 25 heavy (non-hydrogen) atoms. The second-order valence-electron chi connectivity index (χ2n) is 5.32. The van der Waals surface area contributed by atoms with E-state index in [1.807, 2.05) is 0 Å². The molecule has 0 spiro atoms. The highest BCUT2D eigenvalue weighted by Crippen LogP contribution is 2.32. The van der Waals surface area contributed by atoms with E-state index in [9.17, 15) is 25.4 Å². The maximum atomic E-state index is 10.4. The van der Waals surface area contributed by atoms with E-state index in [1.54, 1.807) is 0 Å². The van der Waals surface area contributed by atoms with Crippen LogP contribution in [0.4, 0.5) is 0 Å². The lowest BCUT2D eigenvalue weighted by Gasteiger charge is -2.39. The summed E-state index contributed by atoms with van der Waals surface area (Å²) in [6.07, 6.45) is -4.99. The van der Waals surface area contributed by atoms with Gasteiger partial charge in [0.15, 0.2) is 23.9 Å². The van der Waals surface area contributed by atoms with Gasteiger partial charge in [-0.05, 0) is 17.7 Å². The molecular weight excluding hydrogens is 338 g/mol. The summed E-state index contributed by atoms with van der Waals surface area (Å²) in [5.41, 5.74) is 0.474. The van der Waals surface area contributed by atoms with Gasteiger partial charge in [0.1, 0.15) is 18.3 Å². The zero-order valence-electron chi connectivity index (χ0n) is 13.3. The molecule has 0 aromatic heterocycles. The normalized spacial score (nSPS) is 29.6. The second-order valence-corrected chi connectivity index (χ2v) is 5.32. The third-order valence-electron chi connectivity index (χ3n) is 3.68. The first-order valence-electron chi connectivity index (χ1n) is 7.34. The lowest BCUT2D eigenvalue weighted by molar-refractivity contribution is -0.400. The SMILES string of the molecule is COc1cc(/C=C/[N+](=O)[O-])ccc1O[C@@H]1[C@@H](O)[C@H](O)[C@@H](CO)O[C@H]1O. The lowest BCUT2D eigenvalue weighted by Crippen LogP contribution is -2.60. The molecule has 0 unspecified atom stereocenters. The highest BCUT2D eigenvalue weighted by Gasteiger charge is 2.45. The third-order valence-corrected chi connectivity index (χ3v) is 3.68. The van der Waals surface area contributed by atoms with Crippen molar-refractivity contribution in [1.29, 1.82) is 0 Å². The molecule has 4 N–H and O–H groups in total. The zero-order chi connectivity index (χ0) is 18.6. The van der Waals surface area contributed by atoms with Crippen LogP contribution in [0.2, 0.25) is 0 Å². The fourth-order valence-electron chi connectivity index (χ4n) is 2.38. The van der Waals surface area contributed by atoms with Crippen molar-refractivity contribution in [2.75, 3.05) is 13.7 Å². The molecule has 0 radical (unpaired) electrons. The largest absolute Gasteiger partial charge is 0.493 e. The van der Waals surface area contributed by atoms with Crippen molar-refractivity contribution in [2.24, 2.45) is 0 Å². The number of aliphatic hydroxyl groups is 4. The third kappa shape index (κ3) is 4.44. The summed E-state index contributed by atoms with van der Waals surface area (Å²) in [5.74, 6) is 0.325. The van der Waals surface area contributed by atoms with Crippen molar-refractivity contribution < 1.29 is 39.6 Å². The van der Waals surface area contributed by atoms with Gasteiger partial charge in [-0.3, -0.25) is 10.1 Å². The Morgan fingerprint density at radius 1 is 1.28 bits per heavy atom. The topological polar surface area (TPSA) is 152 Å². The minimum Gasteiger partial charge on any atom is -0.493 e. The van der Waals surface area contributed by atoms with Crippen LogP contribution in [0.5, 0.6) is 11.5 Å². The molecule has 0 saturated carbocycles. The number of aliphatic hydroxyl groups excluding tert-OH is 4. The first-order chi connectivity index (χ1) is 11.9. The molecule has 1 aromatic carbocycles. The highest BCUT2D eigenvalue weighted by atomic mass is 16.7. The lowest BCUT2D eigenvalue weighted by atomic mass is 9.99. The van der Waals surface area contributed by atoms with Gasteiger partial charge in [0.25, 0.3) is 0 Å². The number of nitro groups is 1. The van der Waals surface area contributed by atoms with E-state index in [-0.39, 0.29) is 11.5 Å². The van der Waals surface area contributed by atoms with Gasteiger partial charge in [-0.15, -0.1) is 0 Å². The minimum atomic E-state index is -1.59. The molecule has 0 aliphatic carbocycles. The fraction of sp³-hybridized carbons (Fsp3) is 0.467. The van der Waals surface area contributed by atoms with Gasteiger partial charge in [-0.25, -0.2) is 0 Å². The van der Waals surface area contributed by atoms with E-state index >= 15 is 0 Å². The van der Waals surface area contributed by atoms with Crippen LogP contribution in [0.1, 0.15) is 5.56 Å². The quantitative estimate of drug-likeness (QED) is 0.376. The molecule has 1 saturated heterocycles. The molecule has 138 valence electrons. The van der Waals surface area contributed by atoms with Crippen molar-refractivity contribution in [1.82, 2.24) is 0 Å². The Labute approximate surface area is 142 Å². The number of hydrogen-bond donors (Lipinski definition) is 4. The number of methoxy groups -OCH3 is 1. The van der Waals surface area contributed by atoms with E-state index in [0.29, 0.717) is 5.56 Å². The summed E-state index contributed by atoms with van der Waals surface area (Å²) in [6, 6.07) is 4.40. The Hall–Kier alpha value is -2.24. The van der Waals surface area contributed by atoms with Gasteiger partial charge in [-0.1, -0.05) is 6.07 Å². The zero-order valence-corrected chi connectivity index (χ0v) is 13.3. The first kappa shape index (κ1) is 19.1. The number of hydrogen-bond acceptors (Lipinski definition) is 9. The van der Waals surface area contributed by atoms with Gasteiger partial charge < -0.3 is 34.6 Å². The van der Waals surface area contributed by atoms with Crippen LogP contribution in [-0.4, -0.2) is 69.8 Å². The molecule has 2 rings (SSSR count). The molecular formula is C15H19NO9. The Balaban J connectivity index is 2.20. The van der Waals surface area contributed by atoms with Crippen LogP contribution in [0.15, 0.2) is 24.4 Å². The number of rotatable bonds is 6. The van der Waals surface area contributed by atoms with Crippen molar-refractivity contribution in [2.45, 2.75) is 30.7 Å². The number of nitrogens with zero attached hydrogens (tertiary/aromatic N) is 1. The molecule has 0 amide bonds. The monoisotopic (exact) mass is 357 g/mol. The van der Waals surface area contributed by atoms with Crippen molar-refractivity contribution in [3.63, 3.8) is 0 Å². The molecule has 0 bridgehead atoms. The van der Waals surface area contributed by atoms with Crippen LogP contribution in [0.3, 0.4) is 0 Å². The van der Waals surface area contributed by atoms with Crippen LogP contribution >= 0.6 is 0 Å². The average molecular weight is 357 g/mol. The summed E-state index contributed by atoms with van der Waals surface area (Å²) in [6.45, 7) is -0.581. The van der Waals surface area contributed by atoms with Gasteiger partial charge in [0.05, 0.1) is 18.6 Å². The van der Waals surface area contributed by atoms with Gasteiger partial charge in [0.2, 0.25) is 6.20 Å². The van der Waals surface area contributed by atoms with Crippen LogP contribution in [-0.2, 0) is 4.74 Å². The molecule has 1 heterocycles. The van der Waals surface area contributed by atoms with Crippen LogP contribution < -0.4 is 9.47 Å². The maximum absolute atomic E-state index is 10.4. The van der Waals surface area contributed by atoms with Gasteiger partial charge in [0, 0.05) is 6.08 Å². The molecule has 1 aliphatic heterocycles. The van der Waals surface area contributed by atoms with Crippen molar-refractivity contribution in [3.8, 4) is 11.5 Å². The second kappa shape index (κ2) is 8.23. The maximum Gasteiger partial charge on any atom is 0.235 e.